The van der Waals surface area contributed by atoms with Gasteiger partial charge in [-0.15, -0.1) is 0 Å². The van der Waals surface area contributed by atoms with Crippen LogP contribution in [0.4, 0.5) is 0 Å². The number of phosphoric ester groups is 1. The van der Waals surface area contributed by atoms with Crippen molar-refractivity contribution in [3.63, 3.8) is 0 Å². The van der Waals surface area contributed by atoms with E-state index in [9.17, 15) is 19.4 Å². The van der Waals surface area contributed by atoms with Crippen molar-refractivity contribution in [3.8, 4) is 0 Å². The fourth-order valence-corrected chi connectivity index (χ4v) is 12.5. The zero-order valence-corrected chi connectivity index (χ0v) is 59.2. The van der Waals surface area contributed by atoms with Crippen molar-refractivity contribution in [2.75, 3.05) is 40.9 Å². The molecule has 0 bridgehead atoms. The molecule has 0 aliphatic heterocycles. The molecule has 0 saturated carbocycles. The van der Waals surface area contributed by atoms with Gasteiger partial charge in [-0.2, -0.15) is 0 Å². The number of amides is 1. The molecule has 0 spiro atoms. The Kier molecular flexibility index (Phi) is 66.6. The van der Waals surface area contributed by atoms with Gasteiger partial charge in [-0.25, -0.2) is 4.57 Å². The third-order valence-corrected chi connectivity index (χ3v) is 18.6. The summed E-state index contributed by atoms with van der Waals surface area (Å²) in [6, 6.07) is -0.760. The van der Waals surface area contributed by atoms with E-state index in [2.05, 4.69) is 67.8 Å². The molecule has 0 aromatic carbocycles. The second-order valence-corrected chi connectivity index (χ2v) is 28.8. The number of nitrogens with one attached hydrogen (secondary N) is 1. The molecule has 0 fully saturated rings. The number of aliphatic hydroxyl groups is 1. The van der Waals surface area contributed by atoms with Crippen molar-refractivity contribution < 1.29 is 32.9 Å². The lowest BCUT2D eigenvalue weighted by Crippen LogP contribution is -2.46. The number of likely N-dealkylation sites (N-methyl/N-ethyl adjacent to an activating group) is 1. The van der Waals surface area contributed by atoms with Gasteiger partial charge in [-0.1, -0.05) is 377 Å². The lowest BCUT2D eigenvalue weighted by Gasteiger charge is -2.26. The van der Waals surface area contributed by atoms with Gasteiger partial charge in [0.05, 0.1) is 39.9 Å². The summed E-state index contributed by atoms with van der Waals surface area (Å²) in [5.74, 6) is -0.135. The molecule has 9 heteroatoms. The summed E-state index contributed by atoms with van der Waals surface area (Å²) in [6.45, 7) is 4.84. The lowest BCUT2D eigenvalue weighted by atomic mass is 10.0. The molecule has 3 unspecified atom stereocenters. The highest BCUT2D eigenvalue weighted by Crippen LogP contribution is 2.43. The van der Waals surface area contributed by atoms with Crippen LogP contribution in [0.15, 0.2) is 48.6 Å². The molecule has 8 nitrogen and oxygen atoms in total. The largest absolute Gasteiger partial charge is 0.472 e. The second kappa shape index (κ2) is 67.8. The van der Waals surface area contributed by atoms with E-state index in [0.29, 0.717) is 23.9 Å². The van der Waals surface area contributed by atoms with Gasteiger partial charge in [0.15, 0.2) is 0 Å². The van der Waals surface area contributed by atoms with E-state index in [1.807, 2.05) is 21.1 Å². The maximum Gasteiger partial charge on any atom is 0.472 e. The fourth-order valence-electron chi connectivity index (χ4n) is 11.8. The summed E-state index contributed by atoms with van der Waals surface area (Å²) < 4.78 is 23.9. The van der Waals surface area contributed by atoms with Gasteiger partial charge in [0.1, 0.15) is 13.2 Å². The number of carbonyl (C=O) groups is 1. The van der Waals surface area contributed by atoms with Crippen LogP contribution < -0.4 is 5.32 Å². The minimum Gasteiger partial charge on any atom is -0.391 e. The van der Waals surface area contributed by atoms with Gasteiger partial charge in [0.25, 0.3) is 0 Å². The quantitative estimate of drug-likeness (QED) is 0.0243. The van der Waals surface area contributed by atoms with Crippen LogP contribution >= 0.6 is 7.82 Å². The van der Waals surface area contributed by atoms with Gasteiger partial charge in [-0.05, 0) is 51.4 Å². The third kappa shape index (κ3) is 69.9. The van der Waals surface area contributed by atoms with Gasteiger partial charge >= 0.3 is 7.82 Å². The summed E-state index contributed by atoms with van der Waals surface area (Å²) >= 11 is 0. The van der Waals surface area contributed by atoms with Crippen LogP contribution in [0.25, 0.3) is 0 Å². The average Bonchev–Trinajstić information content (AvgIpc) is 3.70. The van der Waals surface area contributed by atoms with E-state index in [0.717, 1.165) is 64.2 Å². The minimum absolute atomic E-state index is 0.0773. The lowest BCUT2D eigenvalue weighted by molar-refractivity contribution is -0.870. The first kappa shape index (κ1) is 84.5. The molecule has 508 valence electrons. The molecule has 0 aromatic heterocycles. The molecule has 0 aromatic rings. The summed E-state index contributed by atoms with van der Waals surface area (Å²) in [5.41, 5.74) is 0. The van der Waals surface area contributed by atoms with Crippen LogP contribution in [-0.2, 0) is 18.4 Å². The van der Waals surface area contributed by atoms with Crippen molar-refractivity contribution in [3.05, 3.63) is 48.6 Å². The van der Waals surface area contributed by atoms with Crippen LogP contribution in [0.3, 0.4) is 0 Å². The molecule has 0 radical (unpaired) electrons. The fraction of sp³-hybridized carbons (Fsp3) is 0.883. The standard InChI is InChI=1S/C77H149N2O6P/c1-6-8-10-12-14-16-18-20-22-24-26-28-30-32-33-34-35-36-37-38-39-40-41-42-43-44-45-47-49-51-53-55-57-59-61-63-65-67-69-71-77(81)78-75(74-85-86(82,83)84-73-72-79(3,4)5)76(80)70-68-66-64-62-60-58-56-54-52-50-48-46-31-29-27-25-23-21-19-17-15-13-11-9-7-2/h8,10,14,16,20,22,26,28,75-76,80H,6-7,9,11-13,15,17-19,21,23-25,27,29-74H2,1-5H3,(H-,78,81,82,83)/p+1/b10-8-,16-14-,22-20-,28-26-. The molecule has 1 amide bonds. The Bertz CT molecular complexity index is 1540. The first-order valence-corrected chi connectivity index (χ1v) is 39.5. The molecule has 86 heavy (non-hydrogen) atoms. The zero-order chi connectivity index (χ0) is 62.6. The van der Waals surface area contributed by atoms with E-state index < -0.39 is 20.0 Å². The number of carbonyl (C=O) groups excluding carboxylic acids is 1. The van der Waals surface area contributed by atoms with E-state index >= 15 is 0 Å². The van der Waals surface area contributed by atoms with Crippen molar-refractivity contribution in [2.24, 2.45) is 0 Å². The Morgan fingerprint density at radius 3 is 1.02 bits per heavy atom. The Morgan fingerprint density at radius 1 is 0.407 bits per heavy atom. The van der Waals surface area contributed by atoms with Crippen LogP contribution in [0, 0.1) is 0 Å². The van der Waals surface area contributed by atoms with E-state index in [-0.39, 0.29) is 19.1 Å². The number of quaternary nitrogens is 1. The van der Waals surface area contributed by atoms with Crippen LogP contribution in [-0.4, -0.2) is 73.4 Å². The minimum atomic E-state index is -4.33. The van der Waals surface area contributed by atoms with Gasteiger partial charge < -0.3 is 19.8 Å². The van der Waals surface area contributed by atoms with Crippen molar-refractivity contribution >= 4 is 13.7 Å². The molecule has 0 aliphatic carbocycles. The number of phosphoric acid groups is 1. The van der Waals surface area contributed by atoms with Crippen LogP contribution in [0.1, 0.15) is 386 Å². The predicted molar refractivity (Wildman–Crippen MR) is 378 cm³/mol. The highest BCUT2D eigenvalue weighted by atomic mass is 31.2. The Labute approximate surface area is 537 Å². The SMILES string of the molecule is CC/C=C\C/C=C\C/C=C\C/C=C\CCCCCCCCCCCCCCCCCCCCCCCCCCCCC(=O)NC(COP(=O)(O)OCC[N+](C)(C)C)C(O)CCCCCCCCCCCCCCCCCCCCCCCCCCC. The summed E-state index contributed by atoms with van der Waals surface area (Å²) in [4.78, 5) is 23.5. The van der Waals surface area contributed by atoms with Crippen LogP contribution in [0.2, 0.25) is 0 Å². The van der Waals surface area contributed by atoms with Crippen molar-refractivity contribution in [1.82, 2.24) is 5.32 Å². The van der Waals surface area contributed by atoms with Gasteiger partial charge in [0.2, 0.25) is 5.91 Å². The number of rotatable bonds is 71. The number of unbranched alkanes of at least 4 members (excludes halogenated alkanes) is 50. The first-order valence-electron chi connectivity index (χ1n) is 38.0. The monoisotopic (exact) mass is 1230 g/mol. The zero-order valence-electron chi connectivity index (χ0n) is 58.3. The normalized spacial score (nSPS) is 13.8. The third-order valence-electron chi connectivity index (χ3n) is 17.6. The Morgan fingerprint density at radius 2 is 0.698 bits per heavy atom. The van der Waals surface area contributed by atoms with Crippen molar-refractivity contribution in [1.29, 1.82) is 0 Å². The molecule has 0 heterocycles. The second-order valence-electron chi connectivity index (χ2n) is 27.4. The molecule has 0 rings (SSSR count). The molecule has 3 atom stereocenters. The molecule has 3 N–H and O–H groups in total. The Balaban J connectivity index is 3.90. The number of hydrogen-bond acceptors (Lipinski definition) is 5. The molecule has 0 saturated heterocycles. The number of allylic oxidation sites excluding steroid dienone is 8. The molecular weight excluding hydrogens is 1080 g/mol. The highest BCUT2D eigenvalue weighted by molar-refractivity contribution is 7.47. The maximum absolute atomic E-state index is 13.1. The molecular formula is C77H150N2O6P+. The number of hydrogen-bond donors (Lipinski definition) is 3. The topological polar surface area (TPSA) is 105 Å². The average molecular weight is 1230 g/mol. The number of aliphatic hydroxyl groups excluding tert-OH is 1. The first-order chi connectivity index (χ1) is 42.0. The van der Waals surface area contributed by atoms with E-state index in [1.54, 1.807) is 0 Å². The van der Waals surface area contributed by atoms with Gasteiger partial charge in [0, 0.05) is 6.42 Å². The molecule has 0 aliphatic rings. The van der Waals surface area contributed by atoms with Crippen molar-refractivity contribution in [2.45, 2.75) is 398 Å². The summed E-state index contributed by atoms with van der Waals surface area (Å²) in [7, 11) is 1.64. The predicted octanol–water partition coefficient (Wildman–Crippen LogP) is 24.6. The van der Waals surface area contributed by atoms with E-state index in [1.165, 1.54) is 295 Å². The summed E-state index contributed by atoms with van der Waals surface area (Å²) in [6.07, 6.45) is 92.4. The number of nitrogens with zero attached hydrogens (tertiary/aromatic N) is 1. The maximum atomic E-state index is 13.1. The highest BCUT2D eigenvalue weighted by Gasteiger charge is 2.28. The van der Waals surface area contributed by atoms with Gasteiger partial charge in [-0.3, -0.25) is 13.8 Å². The van der Waals surface area contributed by atoms with Crippen LogP contribution in [0.5, 0.6) is 0 Å². The smallest absolute Gasteiger partial charge is 0.391 e. The van der Waals surface area contributed by atoms with E-state index in [4.69, 9.17) is 9.05 Å². The summed E-state index contributed by atoms with van der Waals surface area (Å²) in [5, 5.41) is 14.2. The Hall–Kier alpha value is -1.54.